The van der Waals surface area contributed by atoms with Gasteiger partial charge >= 0.3 is 0 Å². The number of aromatic nitrogens is 1. The molecule has 0 saturated carbocycles. The highest BCUT2D eigenvalue weighted by Crippen LogP contribution is 2.22. The van der Waals surface area contributed by atoms with Crippen molar-refractivity contribution in [1.82, 2.24) is 14.8 Å². The lowest BCUT2D eigenvalue weighted by Crippen LogP contribution is -2.44. The van der Waals surface area contributed by atoms with E-state index < -0.39 is 0 Å². The summed E-state index contributed by atoms with van der Waals surface area (Å²) in [6, 6.07) is 21.7. The van der Waals surface area contributed by atoms with Crippen molar-refractivity contribution in [3.05, 3.63) is 102 Å². The first-order chi connectivity index (χ1) is 18.4. The number of benzene rings is 3. The third-order valence-corrected chi connectivity index (χ3v) is 6.65. The van der Waals surface area contributed by atoms with E-state index in [1.165, 1.54) is 12.1 Å². The Kier molecular flexibility index (Phi) is 8.79. The number of nitrogens with one attached hydrogen (secondary N) is 1. The number of aromatic amines is 1. The second-order valence-corrected chi connectivity index (χ2v) is 9.71. The van der Waals surface area contributed by atoms with Gasteiger partial charge in [0.1, 0.15) is 18.1 Å². The van der Waals surface area contributed by atoms with Crippen LogP contribution in [0.3, 0.4) is 0 Å². The average Bonchev–Trinajstić information content (AvgIpc) is 3.34. The molecule has 0 unspecified atom stereocenters. The van der Waals surface area contributed by atoms with Gasteiger partial charge in [-0.2, -0.15) is 0 Å². The molecule has 1 aromatic heterocycles. The van der Waals surface area contributed by atoms with Gasteiger partial charge in [-0.3, -0.25) is 9.59 Å². The van der Waals surface area contributed by atoms with Crippen LogP contribution in [0.15, 0.2) is 79.0 Å². The fourth-order valence-corrected chi connectivity index (χ4v) is 4.58. The largest absolute Gasteiger partial charge is 0.496 e. The Morgan fingerprint density at radius 3 is 2.34 bits per heavy atom. The van der Waals surface area contributed by atoms with Crippen LogP contribution in [0.5, 0.6) is 5.75 Å². The summed E-state index contributed by atoms with van der Waals surface area (Å²) in [4.78, 5) is 33.5. The topological polar surface area (TPSA) is 65.6 Å². The normalized spacial score (nSPS) is 11.1. The third-order valence-electron chi connectivity index (χ3n) is 6.65. The number of para-hydroxylation sites is 2. The molecule has 3 aromatic carbocycles. The predicted molar refractivity (Wildman–Crippen MR) is 147 cm³/mol. The number of amides is 2. The standard InChI is InChI=1S/C31H34FN3O3/c1-22(2)31(37)35(19-23-12-14-26(32)15-13-23)21-30(36)34(20-25-8-4-7-11-29(25)38-3)17-16-24-18-33-28-10-6-5-9-27(24)28/h4-15,18,22,33H,16-17,19-21H2,1-3H3. The van der Waals surface area contributed by atoms with Crippen molar-refractivity contribution in [2.45, 2.75) is 33.4 Å². The average molecular weight is 516 g/mol. The number of H-pyrrole nitrogens is 1. The van der Waals surface area contributed by atoms with E-state index in [2.05, 4.69) is 11.1 Å². The molecule has 1 heterocycles. The second kappa shape index (κ2) is 12.4. The number of hydrogen-bond donors (Lipinski definition) is 1. The van der Waals surface area contributed by atoms with Gasteiger partial charge in [-0.05, 0) is 41.8 Å². The van der Waals surface area contributed by atoms with Gasteiger partial charge in [-0.25, -0.2) is 4.39 Å². The maximum absolute atomic E-state index is 13.8. The van der Waals surface area contributed by atoms with Crippen LogP contribution in [0.25, 0.3) is 10.9 Å². The van der Waals surface area contributed by atoms with E-state index in [0.717, 1.165) is 27.6 Å². The van der Waals surface area contributed by atoms with Gasteiger partial charge in [0.2, 0.25) is 11.8 Å². The van der Waals surface area contributed by atoms with Crippen LogP contribution < -0.4 is 4.74 Å². The Balaban J connectivity index is 1.57. The van der Waals surface area contributed by atoms with Crippen molar-refractivity contribution in [3.8, 4) is 5.75 Å². The van der Waals surface area contributed by atoms with Gasteiger partial charge in [0.25, 0.3) is 0 Å². The summed E-state index contributed by atoms with van der Waals surface area (Å²) in [5.74, 6) is -0.203. The molecule has 0 radical (unpaired) electrons. The van der Waals surface area contributed by atoms with E-state index in [4.69, 9.17) is 4.74 Å². The summed E-state index contributed by atoms with van der Waals surface area (Å²) in [6.45, 7) is 4.61. The molecule has 38 heavy (non-hydrogen) atoms. The Morgan fingerprint density at radius 1 is 0.895 bits per heavy atom. The second-order valence-electron chi connectivity index (χ2n) is 9.71. The Morgan fingerprint density at radius 2 is 1.61 bits per heavy atom. The molecule has 4 rings (SSSR count). The zero-order chi connectivity index (χ0) is 27.1. The number of halogens is 1. The molecule has 0 aliphatic rings. The molecule has 0 bridgehead atoms. The molecule has 1 N–H and O–H groups in total. The molecule has 0 aliphatic carbocycles. The van der Waals surface area contributed by atoms with E-state index >= 15 is 0 Å². The van der Waals surface area contributed by atoms with E-state index in [-0.39, 0.29) is 36.6 Å². The minimum absolute atomic E-state index is 0.0720. The molecule has 0 atom stereocenters. The molecule has 0 spiro atoms. The minimum atomic E-state index is -0.341. The van der Waals surface area contributed by atoms with Crippen molar-refractivity contribution in [3.63, 3.8) is 0 Å². The number of methoxy groups -OCH3 is 1. The van der Waals surface area contributed by atoms with Crippen LogP contribution >= 0.6 is 0 Å². The molecule has 0 saturated heterocycles. The van der Waals surface area contributed by atoms with Gasteiger partial charge in [0.05, 0.1) is 7.11 Å². The summed E-state index contributed by atoms with van der Waals surface area (Å²) in [6.07, 6.45) is 2.64. The van der Waals surface area contributed by atoms with Crippen LogP contribution in [0.4, 0.5) is 4.39 Å². The van der Waals surface area contributed by atoms with Gasteiger partial charge in [0.15, 0.2) is 0 Å². The quantitative estimate of drug-likeness (QED) is 0.284. The van der Waals surface area contributed by atoms with Crippen molar-refractivity contribution in [1.29, 1.82) is 0 Å². The van der Waals surface area contributed by atoms with Gasteiger partial charge in [-0.15, -0.1) is 0 Å². The zero-order valence-corrected chi connectivity index (χ0v) is 22.1. The number of ether oxygens (including phenoxy) is 1. The molecule has 2 amide bonds. The van der Waals surface area contributed by atoms with E-state index in [9.17, 15) is 14.0 Å². The first-order valence-electron chi connectivity index (χ1n) is 12.8. The molecule has 6 nitrogen and oxygen atoms in total. The number of carbonyl (C=O) groups excluding carboxylic acids is 2. The fraction of sp³-hybridized carbons (Fsp3) is 0.290. The van der Waals surface area contributed by atoms with E-state index in [0.29, 0.717) is 25.3 Å². The number of hydrogen-bond acceptors (Lipinski definition) is 3. The number of fused-ring (bicyclic) bond motifs is 1. The summed E-state index contributed by atoms with van der Waals surface area (Å²) < 4.78 is 19.0. The lowest BCUT2D eigenvalue weighted by atomic mass is 10.1. The van der Waals surface area contributed by atoms with Gasteiger partial charge in [-0.1, -0.05) is 62.4 Å². The van der Waals surface area contributed by atoms with Crippen molar-refractivity contribution < 1.29 is 18.7 Å². The Hall–Kier alpha value is -4.13. The Labute approximate surface area is 223 Å². The number of rotatable bonds is 11. The molecule has 4 aromatic rings. The Bertz CT molecular complexity index is 1380. The predicted octanol–water partition coefficient (Wildman–Crippen LogP) is 5.57. The zero-order valence-electron chi connectivity index (χ0n) is 22.1. The summed E-state index contributed by atoms with van der Waals surface area (Å²) in [5.41, 5.74) is 3.84. The summed E-state index contributed by atoms with van der Waals surface area (Å²) in [5, 5.41) is 1.13. The van der Waals surface area contributed by atoms with Crippen LogP contribution in [0, 0.1) is 11.7 Å². The van der Waals surface area contributed by atoms with E-state index in [1.807, 2.05) is 62.5 Å². The third kappa shape index (κ3) is 6.59. The lowest BCUT2D eigenvalue weighted by molar-refractivity contribution is -0.143. The first kappa shape index (κ1) is 26.9. The van der Waals surface area contributed by atoms with Crippen molar-refractivity contribution in [2.75, 3.05) is 20.2 Å². The van der Waals surface area contributed by atoms with Crippen molar-refractivity contribution in [2.24, 2.45) is 5.92 Å². The first-order valence-corrected chi connectivity index (χ1v) is 12.8. The molecule has 0 aliphatic heterocycles. The van der Waals surface area contributed by atoms with Crippen LogP contribution in [0.2, 0.25) is 0 Å². The van der Waals surface area contributed by atoms with Crippen LogP contribution in [-0.4, -0.2) is 46.8 Å². The molecular weight excluding hydrogens is 481 g/mol. The lowest BCUT2D eigenvalue weighted by Gasteiger charge is -2.29. The maximum Gasteiger partial charge on any atom is 0.242 e. The highest BCUT2D eigenvalue weighted by atomic mass is 19.1. The fourth-order valence-electron chi connectivity index (χ4n) is 4.58. The molecule has 198 valence electrons. The molecule has 7 heteroatoms. The SMILES string of the molecule is COc1ccccc1CN(CCc1c[nH]c2ccccc12)C(=O)CN(Cc1ccc(F)cc1)C(=O)C(C)C. The molecular formula is C31H34FN3O3. The monoisotopic (exact) mass is 515 g/mol. The minimum Gasteiger partial charge on any atom is -0.496 e. The van der Waals surface area contributed by atoms with Crippen LogP contribution in [0.1, 0.15) is 30.5 Å². The summed E-state index contributed by atoms with van der Waals surface area (Å²) in [7, 11) is 1.61. The van der Waals surface area contributed by atoms with Crippen LogP contribution in [-0.2, 0) is 29.1 Å². The smallest absolute Gasteiger partial charge is 0.242 e. The van der Waals surface area contributed by atoms with Gasteiger partial charge < -0.3 is 19.5 Å². The molecule has 0 fully saturated rings. The van der Waals surface area contributed by atoms with E-state index in [1.54, 1.807) is 29.0 Å². The number of carbonyl (C=O) groups is 2. The number of nitrogens with zero attached hydrogens (tertiary/aromatic N) is 2. The van der Waals surface area contributed by atoms with Gasteiger partial charge in [0, 0.05) is 48.2 Å². The van der Waals surface area contributed by atoms with Crippen molar-refractivity contribution >= 4 is 22.7 Å². The maximum atomic E-state index is 13.8. The highest BCUT2D eigenvalue weighted by Gasteiger charge is 2.24. The highest BCUT2D eigenvalue weighted by molar-refractivity contribution is 5.86. The summed E-state index contributed by atoms with van der Waals surface area (Å²) >= 11 is 0.